The summed E-state index contributed by atoms with van der Waals surface area (Å²) in [5.41, 5.74) is 3.26. The van der Waals surface area contributed by atoms with Crippen molar-refractivity contribution in [2.75, 3.05) is 15.8 Å². The number of hydrogen-bond donors (Lipinski definition) is 2. The number of hydrogen-bond acceptors (Lipinski definition) is 3. The van der Waals surface area contributed by atoms with Crippen LogP contribution in [0.15, 0.2) is 48.5 Å². The molecule has 6 heteroatoms. The Labute approximate surface area is 154 Å². The number of carbonyl (C=O) groups excluding carboxylic acids is 1. The van der Waals surface area contributed by atoms with E-state index in [2.05, 4.69) is 10.0 Å². The van der Waals surface area contributed by atoms with Gasteiger partial charge in [0.25, 0.3) is 0 Å². The molecule has 2 N–H and O–H groups in total. The topological polar surface area (TPSA) is 75.3 Å². The summed E-state index contributed by atoms with van der Waals surface area (Å²) in [6.45, 7) is 3.97. The van der Waals surface area contributed by atoms with Crippen molar-refractivity contribution in [2.45, 2.75) is 32.6 Å². The van der Waals surface area contributed by atoms with Gasteiger partial charge in [-0.05, 0) is 48.1 Å². The fraction of sp³-hybridized carbons (Fsp3) is 0.350. The van der Waals surface area contributed by atoms with E-state index in [1.165, 1.54) is 0 Å². The van der Waals surface area contributed by atoms with E-state index < -0.39 is 10.0 Å². The quantitative estimate of drug-likeness (QED) is 0.777. The van der Waals surface area contributed by atoms with Crippen LogP contribution in [0.3, 0.4) is 0 Å². The van der Waals surface area contributed by atoms with Crippen LogP contribution in [-0.2, 0) is 21.2 Å². The van der Waals surface area contributed by atoms with Crippen molar-refractivity contribution in [2.24, 2.45) is 5.92 Å². The van der Waals surface area contributed by atoms with Gasteiger partial charge in [-0.25, -0.2) is 8.42 Å². The van der Waals surface area contributed by atoms with Crippen LogP contribution < -0.4 is 10.0 Å². The molecule has 1 unspecified atom stereocenters. The first kappa shape index (κ1) is 18.5. The zero-order chi connectivity index (χ0) is 18.7. The van der Waals surface area contributed by atoms with Gasteiger partial charge in [0.2, 0.25) is 15.9 Å². The highest BCUT2D eigenvalue weighted by Crippen LogP contribution is 2.38. The molecule has 0 aromatic heterocycles. The molecular weight excluding hydrogens is 348 g/mol. The van der Waals surface area contributed by atoms with Crippen LogP contribution in [0, 0.1) is 5.92 Å². The summed E-state index contributed by atoms with van der Waals surface area (Å²) in [4.78, 5) is 12.1. The smallest absolute Gasteiger partial charge is 0.232 e. The minimum absolute atomic E-state index is 0.0298. The van der Waals surface area contributed by atoms with Gasteiger partial charge in [-0.15, -0.1) is 0 Å². The Morgan fingerprint density at radius 3 is 2.54 bits per heavy atom. The third-order valence-corrected chi connectivity index (χ3v) is 5.96. The highest BCUT2D eigenvalue weighted by Gasteiger charge is 2.33. The van der Waals surface area contributed by atoms with Crippen molar-refractivity contribution in [1.29, 1.82) is 0 Å². The predicted molar refractivity (Wildman–Crippen MR) is 105 cm³/mol. The zero-order valence-corrected chi connectivity index (χ0v) is 15.8. The molecule has 0 fully saturated rings. The number of carbonyl (C=O) groups is 1. The molecule has 0 radical (unpaired) electrons. The number of nitrogens with one attached hydrogen (secondary N) is 2. The van der Waals surface area contributed by atoms with E-state index in [4.69, 9.17) is 0 Å². The number of benzene rings is 2. The fourth-order valence-corrected chi connectivity index (χ4v) is 4.47. The van der Waals surface area contributed by atoms with Crippen LogP contribution in [0.5, 0.6) is 0 Å². The molecule has 2 aromatic rings. The number of amides is 1. The first-order chi connectivity index (χ1) is 12.4. The van der Waals surface area contributed by atoms with Crippen molar-refractivity contribution >= 4 is 27.3 Å². The normalized spacial score (nSPS) is 16.4. The van der Waals surface area contributed by atoms with Crippen LogP contribution in [-0.4, -0.2) is 20.1 Å². The van der Waals surface area contributed by atoms with E-state index >= 15 is 0 Å². The van der Waals surface area contributed by atoms with Crippen LogP contribution in [0.2, 0.25) is 0 Å². The maximum absolute atomic E-state index is 12.4. The molecule has 0 saturated carbocycles. The molecule has 1 heterocycles. The second-order valence-corrected chi connectivity index (χ2v) is 8.86. The Balaban J connectivity index is 1.66. The predicted octanol–water partition coefficient (Wildman–Crippen LogP) is 3.75. The summed E-state index contributed by atoms with van der Waals surface area (Å²) in [5.74, 6) is -0.0663. The first-order valence-corrected chi connectivity index (χ1v) is 10.5. The molecular formula is C20H24N2O3S. The van der Waals surface area contributed by atoms with Crippen molar-refractivity contribution in [3.8, 4) is 0 Å². The lowest BCUT2D eigenvalue weighted by Crippen LogP contribution is -2.18. The van der Waals surface area contributed by atoms with Gasteiger partial charge in [0, 0.05) is 11.4 Å². The van der Waals surface area contributed by atoms with E-state index in [9.17, 15) is 13.2 Å². The number of sulfonamides is 1. The molecule has 5 nitrogen and oxygen atoms in total. The molecule has 2 aromatic carbocycles. The van der Waals surface area contributed by atoms with E-state index in [1.807, 2.05) is 44.2 Å². The minimum atomic E-state index is -3.43. The van der Waals surface area contributed by atoms with E-state index in [-0.39, 0.29) is 23.5 Å². The van der Waals surface area contributed by atoms with Crippen LogP contribution >= 0.6 is 0 Å². The van der Waals surface area contributed by atoms with Gasteiger partial charge in [-0.2, -0.15) is 0 Å². The summed E-state index contributed by atoms with van der Waals surface area (Å²) in [6, 6.07) is 15.1. The molecule has 3 rings (SSSR count). The number of anilines is 2. The zero-order valence-electron chi connectivity index (χ0n) is 15.0. The Bertz CT molecular complexity index is 893. The Morgan fingerprint density at radius 2 is 1.85 bits per heavy atom. The summed E-state index contributed by atoms with van der Waals surface area (Å²) < 4.78 is 27.4. The fourth-order valence-electron chi connectivity index (χ4n) is 3.35. The maximum atomic E-state index is 12.4. The summed E-state index contributed by atoms with van der Waals surface area (Å²) >= 11 is 0. The van der Waals surface area contributed by atoms with Gasteiger partial charge in [0.05, 0.1) is 11.7 Å². The lowest BCUT2D eigenvalue weighted by molar-refractivity contribution is -0.117. The van der Waals surface area contributed by atoms with Gasteiger partial charge in [-0.1, -0.05) is 44.2 Å². The first-order valence-electron chi connectivity index (χ1n) is 8.85. The van der Waals surface area contributed by atoms with Crippen molar-refractivity contribution < 1.29 is 13.2 Å². The largest absolute Gasteiger partial charge is 0.325 e. The lowest BCUT2D eigenvalue weighted by atomic mass is 9.89. The van der Waals surface area contributed by atoms with Crippen LogP contribution in [0.25, 0.3) is 0 Å². The van der Waals surface area contributed by atoms with Crippen molar-refractivity contribution in [1.82, 2.24) is 0 Å². The third kappa shape index (κ3) is 4.25. The molecule has 1 atom stereocenters. The van der Waals surface area contributed by atoms with Gasteiger partial charge >= 0.3 is 0 Å². The number of fused-ring (bicyclic) bond motifs is 1. The van der Waals surface area contributed by atoms with Gasteiger partial charge in [0.15, 0.2) is 0 Å². The van der Waals surface area contributed by atoms with Crippen molar-refractivity contribution in [3.05, 3.63) is 59.7 Å². The molecule has 0 spiro atoms. The van der Waals surface area contributed by atoms with Crippen LogP contribution in [0.1, 0.15) is 37.3 Å². The molecule has 0 aliphatic carbocycles. The van der Waals surface area contributed by atoms with E-state index in [0.717, 1.165) is 23.2 Å². The molecule has 138 valence electrons. The highest BCUT2D eigenvalue weighted by molar-refractivity contribution is 7.92. The van der Waals surface area contributed by atoms with Crippen LogP contribution in [0.4, 0.5) is 11.4 Å². The minimum Gasteiger partial charge on any atom is -0.325 e. The van der Waals surface area contributed by atoms with Gasteiger partial charge < -0.3 is 5.32 Å². The Kier molecular flexibility index (Phi) is 5.32. The standard InChI is InChI=1S/C20H24N2O3S/c1-14(2)19-17-13-16(10-11-18(17)21-20(19)23)22-26(24,25)12-6-9-15-7-4-3-5-8-15/h3-5,7-8,10-11,13-14,19,22H,6,9,12H2,1-2H3,(H,21,23). The summed E-state index contributed by atoms with van der Waals surface area (Å²) in [5, 5.41) is 2.86. The SMILES string of the molecule is CC(C)C1C(=O)Nc2ccc(NS(=O)(=O)CCCc3ccccc3)cc21. The van der Waals surface area contributed by atoms with Crippen molar-refractivity contribution in [3.63, 3.8) is 0 Å². The van der Waals surface area contributed by atoms with Gasteiger partial charge in [-0.3, -0.25) is 9.52 Å². The maximum Gasteiger partial charge on any atom is 0.232 e. The molecule has 1 aliphatic rings. The Morgan fingerprint density at radius 1 is 1.12 bits per heavy atom. The molecule has 1 aliphatic heterocycles. The highest BCUT2D eigenvalue weighted by atomic mass is 32.2. The van der Waals surface area contributed by atoms with Gasteiger partial charge in [0.1, 0.15) is 0 Å². The number of aryl methyl sites for hydroxylation is 1. The third-order valence-electron chi connectivity index (χ3n) is 4.59. The molecule has 0 saturated heterocycles. The second kappa shape index (κ2) is 7.50. The Hall–Kier alpha value is -2.34. The number of rotatable bonds is 7. The molecule has 1 amide bonds. The second-order valence-electron chi connectivity index (χ2n) is 7.02. The molecule has 0 bridgehead atoms. The monoisotopic (exact) mass is 372 g/mol. The lowest BCUT2D eigenvalue weighted by Gasteiger charge is -2.14. The van der Waals surface area contributed by atoms with E-state index in [0.29, 0.717) is 12.1 Å². The average molecular weight is 372 g/mol. The summed E-state index contributed by atoms with van der Waals surface area (Å²) in [7, 11) is -3.43. The van der Waals surface area contributed by atoms with E-state index in [1.54, 1.807) is 18.2 Å². The average Bonchev–Trinajstić information content (AvgIpc) is 2.90. The molecule has 26 heavy (non-hydrogen) atoms. The summed E-state index contributed by atoms with van der Waals surface area (Å²) in [6.07, 6.45) is 1.28.